The van der Waals surface area contributed by atoms with E-state index in [4.69, 9.17) is 11.5 Å². The predicted molar refractivity (Wildman–Crippen MR) is 99.8 cm³/mol. The zero-order chi connectivity index (χ0) is 18.4. The van der Waals surface area contributed by atoms with Gasteiger partial charge in [-0.2, -0.15) is 0 Å². The Morgan fingerprint density at radius 2 is 1.04 bits per heavy atom. The lowest BCUT2D eigenvalue weighted by molar-refractivity contribution is 0.276. The first-order valence-corrected chi connectivity index (χ1v) is 9.61. The quantitative estimate of drug-likeness (QED) is 0.513. The van der Waals surface area contributed by atoms with Crippen LogP contribution in [0.15, 0.2) is 48.5 Å². The fourth-order valence-electron chi connectivity index (χ4n) is 2.67. The molecule has 136 valence electrons. The first-order valence-electron chi connectivity index (χ1n) is 8.00. The van der Waals surface area contributed by atoms with E-state index in [1.807, 2.05) is 0 Å². The molecule has 2 unspecified atom stereocenters. The molecule has 0 saturated carbocycles. The summed E-state index contributed by atoms with van der Waals surface area (Å²) in [6, 6.07) is 13.7. The molecule has 6 nitrogen and oxygen atoms in total. The molecule has 2 aromatic carbocycles. The molecule has 0 saturated heterocycles. The summed E-state index contributed by atoms with van der Waals surface area (Å²) in [7, 11) is -3.74. The van der Waals surface area contributed by atoms with Crippen molar-refractivity contribution in [2.75, 3.05) is 24.7 Å². The average molecular weight is 364 g/mol. The van der Waals surface area contributed by atoms with Gasteiger partial charge in [-0.25, -0.2) is 8.42 Å². The normalized spacial score (nSPS) is 14.2. The van der Waals surface area contributed by atoms with Crippen LogP contribution in [0.2, 0.25) is 0 Å². The Kier molecular flexibility index (Phi) is 6.41. The van der Waals surface area contributed by atoms with E-state index in [-0.39, 0.29) is 12.8 Å². The molecule has 25 heavy (non-hydrogen) atoms. The minimum atomic E-state index is -3.74. The van der Waals surface area contributed by atoms with Crippen molar-refractivity contribution in [3.05, 3.63) is 59.7 Å². The number of sulfone groups is 1. The van der Waals surface area contributed by atoms with Gasteiger partial charge in [-0.3, -0.25) is 0 Å². The molecule has 7 heteroatoms. The molecule has 2 aromatic rings. The van der Waals surface area contributed by atoms with Gasteiger partial charge in [0.05, 0.1) is 23.7 Å². The second-order valence-corrected chi connectivity index (χ2v) is 8.60. The van der Waals surface area contributed by atoms with Crippen molar-refractivity contribution >= 4 is 21.2 Å². The lowest BCUT2D eigenvalue weighted by Crippen LogP contribution is -2.39. The standard InChI is InChI=1S/C18H24N2O4S/c19-15-5-1-13(2-6-15)9-17(11-21)25(23,24)18(12-22)10-14-3-7-16(20)8-4-14/h1-8,17-18,21-22H,9-12,19-20H2. The number of hydrogen-bond acceptors (Lipinski definition) is 6. The highest BCUT2D eigenvalue weighted by Gasteiger charge is 2.33. The van der Waals surface area contributed by atoms with Gasteiger partial charge in [-0.1, -0.05) is 24.3 Å². The maximum absolute atomic E-state index is 12.9. The zero-order valence-corrected chi connectivity index (χ0v) is 14.7. The molecular weight excluding hydrogens is 340 g/mol. The van der Waals surface area contributed by atoms with Gasteiger partial charge in [-0.15, -0.1) is 0 Å². The lowest BCUT2D eigenvalue weighted by atomic mass is 10.1. The average Bonchev–Trinajstić information content (AvgIpc) is 2.60. The van der Waals surface area contributed by atoms with Crippen molar-refractivity contribution in [1.82, 2.24) is 0 Å². The third-order valence-electron chi connectivity index (χ3n) is 4.22. The summed E-state index contributed by atoms with van der Waals surface area (Å²) >= 11 is 0. The van der Waals surface area contributed by atoms with Gasteiger partial charge in [0.25, 0.3) is 0 Å². The van der Waals surface area contributed by atoms with Crippen LogP contribution in [0, 0.1) is 0 Å². The highest BCUT2D eigenvalue weighted by Crippen LogP contribution is 2.20. The SMILES string of the molecule is Nc1ccc(CC(CO)S(=O)(=O)C(CO)Cc2ccc(N)cc2)cc1. The predicted octanol–water partition coefficient (Wildman–Crippen LogP) is 0.773. The second kappa shape index (κ2) is 8.33. The molecule has 0 fully saturated rings. The second-order valence-electron chi connectivity index (χ2n) is 6.09. The Labute approximate surface area is 148 Å². The van der Waals surface area contributed by atoms with Crippen LogP contribution in [0.5, 0.6) is 0 Å². The van der Waals surface area contributed by atoms with E-state index < -0.39 is 33.6 Å². The van der Waals surface area contributed by atoms with Crippen molar-refractivity contribution in [3.8, 4) is 0 Å². The first-order chi connectivity index (χ1) is 11.9. The summed E-state index contributed by atoms with van der Waals surface area (Å²) < 4.78 is 25.7. The van der Waals surface area contributed by atoms with Crippen LogP contribution in [-0.2, 0) is 22.7 Å². The summed E-state index contributed by atoms with van der Waals surface area (Å²) in [6.45, 7) is -1.02. The van der Waals surface area contributed by atoms with Crippen LogP contribution < -0.4 is 11.5 Å². The largest absolute Gasteiger partial charge is 0.399 e. The fourth-order valence-corrected chi connectivity index (χ4v) is 4.48. The highest BCUT2D eigenvalue weighted by molar-refractivity contribution is 7.92. The molecule has 0 heterocycles. The van der Waals surface area contributed by atoms with E-state index in [1.165, 1.54) is 0 Å². The Hall–Kier alpha value is -2.09. The summed E-state index contributed by atoms with van der Waals surface area (Å²) in [5, 5.41) is 17.3. The number of benzene rings is 2. The van der Waals surface area contributed by atoms with Gasteiger partial charge >= 0.3 is 0 Å². The van der Waals surface area contributed by atoms with Gasteiger partial charge in [0.1, 0.15) is 0 Å². The Morgan fingerprint density at radius 3 is 1.32 bits per heavy atom. The van der Waals surface area contributed by atoms with Crippen molar-refractivity contribution in [2.24, 2.45) is 0 Å². The molecular formula is C18H24N2O4S. The highest BCUT2D eigenvalue weighted by atomic mass is 32.2. The van der Waals surface area contributed by atoms with Crippen LogP contribution in [0.1, 0.15) is 11.1 Å². The number of anilines is 2. The van der Waals surface area contributed by atoms with Crippen LogP contribution in [-0.4, -0.2) is 42.3 Å². The van der Waals surface area contributed by atoms with Crippen molar-refractivity contribution in [2.45, 2.75) is 23.3 Å². The van der Waals surface area contributed by atoms with Gasteiger partial charge in [0, 0.05) is 11.4 Å². The van der Waals surface area contributed by atoms with Gasteiger partial charge in [0.2, 0.25) is 0 Å². The summed E-state index contributed by atoms with van der Waals surface area (Å²) in [5.74, 6) is 0. The Morgan fingerprint density at radius 1 is 0.720 bits per heavy atom. The van der Waals surface area contributed by atoms with Gasteiger partial charge in [0.15, 0.2) is 9.84 Å². The monoisotopic (exact) mass is 364 g/mol. The molecule has 0 spiro atoms. The third-order valence-corrected chi connectivity index (χ3v) is 6.71. The molecule has 6 N–H and O–H groups in total. The van der Waals surface area contributed by atoms with Crippen molar-refractivity contribution in [3.63, 3.8) is 0 Å². The Balaban J connectivity index is 2.18. The molecule has 2 atom stereocenters. The molecule has 0 aliphatic carbocycles. The van der Waals surface area contributed by atoms with Crippen LogP contribution in [0.3, 0.4) is 0 Å². The van der Waals surface area contributed by atoms with E-state index in [1.54, 1.807) is 48.5 Å². The lowest BCUT2D eigenvalue weighted by Gasteiger charge is -2.22. The molecule has 0 amide bonds. The van der Waals surface area contributed by atoms with E-state index in [0.717, 1.165) is 11.1 Å². The van der Waals surface area contributed by atoms with Crippen molar-refractivity contribution < 1.29 is 18.6 Å². The van der Waals surface area contributed by atoms with Crippen LogP contribution in [0.25, 0.3) is 0 Å². The minimum Gasteiger partial charge on any atom is -0.399 e. The summed E-state index contributed by atoms with van der Waals surface area (Å²) in [4.78, 5) is 0. The van der Waals surface area contributed by atoms with E-state index in [9.17, 15) is 18.6 Å². The molecule has 0 aliphatic heterocycles. The fraction of sp³-hybridized carbons (Fsp3) is 0.333. The number of hydrogen-bond donors (Lipinski definition) is 4. The number of nitrogens with two attached hydrogens (primary N) is 2. The maximum atomic E-state index is 12.9. The molecule has 2 rings (SSSR count). The van der Waals surface area contributed by atoms with E-state index in [2.05, 4.69) is 0 Å². The zero-order valence-electron chi connectivity index (χ0n) is 13.9. The van der Waals surface area contributed by atoms with Crippen molar-refractivity contribution in [1.29, 1.82) is 0 Å². The molecule has 0 radical (unpaired) electrons. The van der Waals surface area contributed by atoms with Gasteiger partial charge < -0.3 is 21.7 Å². The number of rotatable bonds is 8. The maximum Gasteiger partial charge on any atom is 0.161 e. The molecule has 0 aromatic heterocycles. The van der Waals surface area contributed by atoms with E-state index >= 15 is 0 Å². The molecule has 0 bridgehead atoms. The van der Waals surface area contributed by atoms with Crippen LogP contribution >= 0.6 is 0 Å². The molecule has 0 aliphatic rings. The number of aliphatic hydroxyl groups excluding tert-OH is 2. The minimum absolute atomic E-state index is 0.164. The van der Waals surface area contributed by atoms with Crippen LogP contribution in [0.4, 0.5) is 11.4 Å². The summed E-state index contributed by atoms with van der Waals surface area (Å²) in [5.41, 5.74) is 14.0. The van der Waals surface area contributed by atoms with Gasteiger partial charge in [-0.05, 0) is 48.2 Å². The number of aliphatic hydroxyl groups is 2. The number of nitrogen functional groups attached to an aromatic ring is 2. The third kappa shape index (κ3) is 4.94. The summed E-state index contributed by atoms with van der Waals surface area (Å²) in [6.07, 6.45) is 0.328. The topological polar surface area (TPSA) is 127 Å². The smallest absolute Gasteiger partial charge is 0.161 e. The Bertz CT molecular complexity index is 712. The first kappa shape index (κ1) is 19.2. The van der Waals surface area contributed by atoms with E-state index in [0.29, 0.717) is 11.4 Å².